The number of rotatable bonds is 9. The van der Waals surface area contributed by atoms with Gasteiger partial charge in [-0.05, 0) is 44.0 Å². The van der Waals surface area contributed by atoms with Crippen molar-refractivity contribution in [2.45, 2.75) is 38.3 Å². The van der Waals surface area contributed by atoms with Gasteiger partial charge in [-0.1, -0.05) is 12.1 Å². The summed E-state index contributed by atoms with van der Waals surface area (Å²) in [6.07, 6.45) is 4.58. The van der Waals surface area contributed by atoms with Crippen LogP contribution in [0.2, 0.25) is 0 Å². The van der Waals surface area contributed by atoms with Gasteiger partial charge in [0, 0.05) is 41.4 Å². The van der Waals surface area contributed by atoms with Crippen molar-refractivity contribution in [2.24, 2.45) is 0 Å². The van der Waals surface area contributed by atoms with Crippen LogP contribution in [0.3, 0.4) is 0 Å². The molecular weight excluding hydrogens is 421 g/mol. The van der Waals surface area contributed by atoms with Crippen LogP contribution in [0.25, 0.3) is 0 Å². The molecule has 0 unspecified atom stereocenters. The minimum Gasteiger partial charge on any atom is -0.496 e. The van der Waals surface area contributed by atoms with Crippen LogP contribution < -0.4 is 15.4 Å². The molecule has 0 aliphatic heterocycles. The van der Waals surface area contributed by atoms with Crippen LogP contribution in [0.15, 0.2) is 41.8 Å². The van der Waals surface area contributed by atoms with Crippen molar-refractivity contribution < 1.29 is 22.3 Å². The lowest BCUT2D eigenvalue weighted by Crippen LogP contribution is -2.32. The van der Waals surface area contributed by atoms with E-state index in [1.54, 1.807) is 25.1 Å². The van der Waals surface area contributed by atoms with Crippen molar-refractivity contribution in [3.05, 3.63) is 64.5 Å². The quantitative estimate of drug-likeness (QED) is 0.612. The summed E-state index contributed by atoms with van der Waals surface area (Å²) in [5.41, 5.74) is 1.50. The highest BCUT2D eigenvalue weighted by Gasteiger charge is 2.26. The van der Waals surface area contributed by atoms with Gasteiger partial charge in [-0.3, -0.25) is 4.79 Å². The zero-order chi connectivity index (χ0) is 22.6. The molecule has 2 aromatic rings. The number of pyridine rings is 1. The summed E-state index contributed by atoms with van der Waals surface area (Å²) < 4.78 is 42.1. The molecule has 1 fully saturated rings. The van der Waals surface area contributed by atoms with Crippen LogP contribution in [0.5, 0.6) is 5.75 Å². The molecule has 1 aliphatic rings. The molecule has 31 heavy (non-hydrogen) atoms. The fourth-order valence-electron chi connectivity index (χ4n) is 3.07. The van der Waals surface area contributed by atoms with Crippen LogP contribution in [-0.4, -0.2) is 38.7 Å². The van der Waals surface area contributed by atoms with Crippen molar-refractivity contribution >= 4 is 21.6 Å². The predicted molar refractivity (Wildman–Crippen MR) is 117 cm³/mol. The second-order valence-corrected chi connectivity index (χ2v) is 9.53. The Morgan fingerprint density at radius 1 is 1.32 bits per heavy atom. The van der Waals surface area contributed by atoms with Crippen molar-refractivity contribution in [1.29, 1.82) is 0 Å². The number of sulfone groups is 1. The number of carbonyl (C=O) groups excluding carboxylic acids is 1. The molecule has 9 heteroatoms. The van der Waals surface area contributed by atoms with Gasteiger partial charge >= 0.3 is 0 Å². The lowest BCUT2D eigenvalue weighted by atomic mass is 10.1. The molecule has 166 valence electrons. The van der Waals surface area contributed by atoms with Crippen LogP contribution in [0.1, 0.15) is 47.3 Å². The zero-order valence-corrected chi connectivity index (χ0v) is 18.5. The van der Waals surface area contributed by atoms with E-state index in [9.17, 15) is 17.6 Å². The number of amides is 1. The lowest BCUT2D eigenvalue weighted by molar-refractivity contribution is 0.0947. The highest BCUT2D eigenvalue weighted by molar-refractivity contribution is 7.93. The molecular formula is C22H26FN3O4S. The van der Waals surface area contributed by atoms with Crippen LogP contribution >= 0.6 is 0 Å². The molecule has 0 saturated heterocycles. The van der Waals surface area contributed by atoms with Crippen molar-refractivity contribution in [3.63, 3.8) is 0 Å². The normalized spacial score (nSPS) is 15.0. The molecule has 1 amide bonds. The highest BCUT2D eigenvalue weighted by atomic mass is 32.2. The standard InChI is InChI=1S/C22H26FN3O4S/c1-14(11-12-31(3,28)29)25-22(27)16-9-10-19(15-7-8-15)26-21(16)24-13-17-18(23)5-4-6-20(17)30-2/h4-6,9-12,14-15H,7-8,13H2,1-3H3,(H,24,26)(H,25,27)/b12-11+/t14-/m0/s1. The number of benzene rings is 1. The monoisotopic (exact) mass is 447 g/mol. The molecule has 0 bridgehead atoms. The average molecular weight is 448 g/mol. The number of hydrogen-bond acceptors (Lipinski definition) is 6. The fourth-order valence-corrected chi connectivity index (χ4v) is 3.59. The second kappa shape index (κ2) is 9.47. The maximum Gasteiger partial charge on any atom is 0.255 e. The van der Waals surface area contributed by atoms with Gasteiger partial charge in [0.25, 0.3) is 5.91 Å². The Morgan fingerprint density at radius 3 is 2.71 bits per heavy atom. The average Bonchev–Trinajstić information content (AvgIpc) is 3.56. The van der Waals surface area contributed by atoms with E-state index >= 15 is 0 Å². The first-order valence-electron chi connectivity index (χ1n) is 9.93. The van der Waals surface area contributed by atoms with Crippen LogP contribution in [-0.2, 0) is 16.4 Å². The first-order chi connectivity index (χ1) is 14.7. The van der Waals surface area contributed by atoms with E-state index in [2.05, 4.69) is 15.6 Å². The predicted octanol–water partition coefficient (Wildman–Crippen LogP) is 3.40. The molecule has 2 N–H and O–H groups in total. The van der Waals surface area contributed by atoms with Gasteiger partial charge < -0.3 is 15.4 Å². The Morgan fingerprint density at radius 2 is 2.06 bits per heavy atom. The fraction of sp³-hybridized carbons (Fsp3) is 0.364. The van der Waals surface area contributed by atoms with E-state index in [4.69, 9.17) is 4.74 Å². The third-order valence-corrected chi connectivity index (χ3v) is 5.51. The molecule has 1 heterocycles. The van der Waals surface area contributed by atoms with Gasteiger partial charge in [0.15, 0.2) is 9.84 Å². The maximum atomic E-state index is 14.3. The Balaban J connectivity index is 1.83. The van der Waals surface area contributed by atoms with Crippen molar-refractivity contribution in [2.75, 3.05) is 18.7 Å². The smallest absolute Gasteiger partial charge is 0.255 e. The van der Waals surface area contributed by atoms with Gasteiger partial charge in [0.2, 0.25) is 0 Å². The molecule has 7 nitrogen and oxygen atoms in total. The summed E-state index contributed by atoms with van der Waals surface area (Å²) in [5.74, 6) is 0.277. The Bertz CT molecular complexity index is 1100. The van der Waals surface area contributed by atoms with E-state index < -0.39 is 27.6 Å². The topological polar surface area (TPSA) is 97.4 Å². The third kappa shape index (κ3) is 6.27. The lowest BCUT2D eigenvalue weighted by Gasteiger charge is -2.16. The molecule has 3 rings (SSSR count). The largest absolute Gasteiger partial charge is 0.496 e. The first-order valence-corrected chi connectivity index (χ1v) is 11.9. The molecule has 1 saturated carbocycles. The number of anilines is 1. The molecule has 1 aliphatic carbocycles. The molecule has 0 spiro atoms. The summed E-state index contributed by atoms with van der Waals surface area (Å²) in [5, 5.41) is 6.86. The number of aromatic nitrogens is 1. The van der Waals surface area contributed by atoms with Crippen LogP contribution in [0.4, 0.5) is 10.2 Å². The number of nitrogens with one attached hydrogen (secondary N) is 2. The Labute approximate surface area is 181 Å². The van der Waals surface area contributed by atoms with Gasteiger partial charge in [0.1, 0.15) is 17.4 Å². The van der Waals surface area contributed by atoms with Gasteiger partial charge in [-0.15, -0.1) is 0 Å². The number of carbonyl (C=O) groups is 1. The number of methoxy groups -OCH3 is 1. The number of halogens is 1. The molecule has 0 radical (unpaired) electrons. The number of nitrogens with zero attached hydrogens (tertiary/aromatic N) is 1. The number of ether oxygens (including phenoxy) is 1. The minimum atomic E-state index is -3.29. The van der Waals surface area contributed by atoms with E-state index in [0.29, 0.717) is 28.6 Å². The summed E-state index contributed by atoms with van der Waals surface area (Å²) in [6.45, 7) is 1.75. The SMILES string of the molecule is COc1cccc(F)c1CNc1nc(C2CC2)ccc1C(=O)N[C@@H](C)/C=C/S(C)(=O)=O. The second-order valence-electron chi connectivity index (χ2n) is 7.60. The van der Waals surface area contributed by atoms with Crippen molar-refractivity contribution in [1.82, 2.24) is 10.3 Å². The van der Waals surface area contributed by atoms with E-state index in [1.807, 2.05) is 6.07 Å². The Hall–Kier alpha value is -2.94. The summed E-state index contributed by atoms with van der Waals surface area (Å²) in [7, 11) is -1.82. The zero-order valence-electron chi connectivity index (χ0n) is 17.7. The summed E-state index contributed by atoms with van der Waals surface area (Å²) >= 11 is 0. The van der Waals surface area contributed by atoms with E-state index in [1.165, 1.54) is 19.3 Å². The first kappa shape index (κ1) is 22.7. The minimum absolute atomic E-state index is 0.0841. The van der Waals surface area contributed by atoms with E-state index in [-0.39, 0.29) is 6.54 Å². The highest BCUT2D eigenvalue weighted by Crippen LogP contribution is 2.39. The number of hydrogen-bond donors (Lipinski definition) is 2. The maximum absolute atomic E-state index is 14.3. The third-order valence-electron chi connectivity index (χ3n) is 4.86. The van der Waals surface area contributed by atoms with Gasteiger partial charge in [-0.25, -0.2) is 17.8 Å². The van der Waals surface area contributed by atoms with E-state index in [0.717, 1.165) is 30.2 Å². The van der Waals surface area contributed by atoms with Gasteiger partial charge in [-0.2, -0.15) is 0 Å². The molecule has 1 aromatic heterocycles. The van der Waals surface area contributed by atoms with Crippen LogP contribution in [0, 0.1) is 5.82 Å². The van der Waals surface area contributed by atoms with Crippen molar-refractivity contribution in [3.8, 4) is 5.75 Å². The van der Waals surface area contributed by atoms with Gasteiger partial charge in [0.05, 0.1) is 12.7 Å². The molecule has 1 aromatic carbocycles. The summed E-state index contributed by atoms with van der Waals surface area (Å²) in [6, 6.07) is 7.56. The molecule has 1 atom stereocenters. The Kier molecular flexibility index (Phi) is 6.94. The summed E-state index contributed by atoms with van der Waals surface area (Å²) in [4.78, 5) is 17.4.